The Kier molecular flexibility index (Phi) is 4.60. The Bertz CT molecular complexity index is 1200. The van der Waals surface area contributed by atoms with Gasteiger partial charge in [0.15, 0.2) is 0 Å². The lowest BCUT2D eigenvalue weighted by atomic mass is 10.1. The van der Waals surface area contributed by atoms with Crippen molar-refractivity contribution in [3.63, 3.8) is 0 Å². The van der Waals surface area contributed by atoms with Gasteiger partial charge in [0.05, 0.1) is 5.39 Å². The van der Waals surface area contributed by atoms with Crippen molar-refractivity contribution in [3.05, 3.63) is 69.6 Å². The summed E-state index contributed by atoms with van der Waals surface area (Å²) in [6.07, 6.45) is 2.55. The van der Waals surface area contributed by atoms with E-state index in [4.69, 9.17) is 11.6 Å². The molecule has 0 saturated carbocycles. The summed E-state index contributed by atoms with van der Waals surface area (Å²) in [6.45, 7) is 0.268. The minimum atomic E-state index is -0.331. The first-order valence-corrected chi connectivity index (χ1v) is 8.84. The molecule has 0 fully saturated rings. The van der Waals surface area contributed by atoms with Crippen LogP contribution in [0, 0.1) is 0 Å². The molecule has 2 aromatic carbocycles. The maximum atomic E-state index is 12.4. The summed E-state index contributed by atoms with van der Waals surface area (Å²) in [5, 5.41) is 12.8. The van der Waals surface area contributed by atoms with E-state index in [0.29, 0.717) is 28.9 Å². The van der Waals surface area contributed by atoms with E-state index in [1.165, 1.54) is 0 Å². The van der Waals surface area contributed by atoms with Crippen molar-refractivity contribution in [2.24, 2.45) is 0 Å². The zero-order chi connectivity index (χ0) is 18.8. The quantitative estimate of drug-likeness (QED) is 0.554. The van der Waals surface area contributed by atoms with Crippen molar-refractivity contribution in [2.45, 2.75) is 13.0 Å². The summed E-state index contributed by atoms with van der Waals surface area (Å²) >= 11 is 6.05. The summed E-state index contributed by atoms with van der Waals surface area (Å²) in [6, 6.07) is 12.6. The van der Waals surface area contributed by atoms with Gasteiger partial charge in [-0.15, -0.1) is 5.10 Å². The van der Waals surface area contributed by atoms with Gasteiger partial charge in [-0.2, -0.15) is 0 Å². The van der Waals surface area contributed by atoms with E-state index in [-0.39, 0.29) is 18.0 Å². The molecule has 136 valence electrons. The predicted molar refractivity (Wildman–Crippen MR) is 104 cm³/mol. The molecule has 0 saturated heterocycles. The van der Waals surface area contributed by atoms with Gasteiger partial charge >= 0.3 is 0 Å². The Morgan fingerprint density at radius 3 is 2.93 bits per heavy atom. The SMILES string of the molecule is O=C(Cn1nnc2ccccc2c1=O)NCCc1c[nH]c2ccc(Cl)cc12. The van der Waals surface area contributed by atoms with Gasteiger partial charge < -0.3 is 10.3 Å². The number of benzene rings is 2. The van der Waals surface area contributed by atoms with Crippen LogP contribution in [0.3, 0.4) is 0 Å². The second-order valence-corrected chi connectivity index (χ2v) is 6.61. The van der Waals surface area contributed by atoms with E-state index < -0.39 is 0 Å². The summed E-state index contributed by atoms with van der Waals surface area (Å²) in [4.78, 5) is 27.7. The first kappa shape index (κ1) is 17.2. The fraction of sp³-hybridized carbons (Fsp3) is 0.158. The van der Waals surface area contributed by atoms with E-state index in [2.05, 4.69) is 20.6 Å². The summed E-state index contributed by atoms with van der Waals surface area (Å²) in [5.74, 6) is -0.292. The third-order valence-corrected chi connectivity index (χ3v) is 4.60. The van der Waals surface area contributed by atoms with Crippen molar-refractivity contribution in [1.82, 2.24) is 25.3 Å². The normalized spacial score (nSPS) is 11.1. The minimum absolute atomic E-state index is 0.170. The molecule has 0 unspecified atom stereocenters. The number of halogens is 1. The first-order valence-electron chi connectivity index (χ1n) is 8.46. The molecule has 27 heavy (non-hydrogen) atoms. The van der Waals surface area contributed by atoms with Crippen molar-refractivity contribution >= 4 is 39.3 Å². The first-order chi connectivity index (χ1) is 13.1. The fourth-order valence-corrected chi connectivity index (χ4v) is 3.19. The monoisotopic (exact) mass is 381 g/mol. The van der Waals surface area contributed by atoms with Crippen molar-refractivity contribution in [2.75, 3.05) is 6.54 Å². The Morgan fingerprint density at radius 2 is 2.04 bits per heavy atom. The highest BCUT2D eigenvalue weighted by Crippen LogP contribution is 2.22. The third kappa shape index (κ3) is 3.54. The molecule has 0 spiro atoms. The van der Waals surface area contributed by atoms with Gasteiger partial charge in [0.25, 0.3) is 5.56 Å². The number of rotatable bonds is 5. The van der Waals surface area contributed by atoms with Crippen LogP contribution in [-0.2, 0) is 17.8 Å². The maximum Gasteiger partial charge on any atom is 0.278 e. The summed E-state index contributed by atoms with van der Waals surface area (Å²) < 4.78 is 1.07. The number of H-pyrrole nitrogens is 1. The van der Waals surface area contributed by atoms with Crippen LogP contribution in [0.5, 0.6) is 0 Å². The minimum Gasteiger partial charge on any atom is -0.361 e. The zero-order valence-corrected chi connectivity index (χ0v) is 15.0. The molecule has 0 aliphatic carbocycles. The second kappa shape index (κ2) is 7.20. The van der Waals surface area contributed by atoms with Gasteiger partial charge in [-0.25, -0.2) is 4.68 Å². The van der Waals surface area contributed by atoms with E-state index in [0.717, 1.165) is 21.1 Å². The Hall–Kier alpha value is -3.19. The van der Waals surface area contributed by atoms with Crippen LogP contribution < -0.4 is 10.9 Å². The van der Waals surface area contributed by atoms with E-state index in [9.17, 15) is 9.59 Å². The molecule has 4 rings (SSSR count). The van der Waals surface area contributed by atoms with Gasteiger partial charge in [-0.1, -0.05) is 28.9 Å². The molecule has 2 heterocycles. The lowest BCUT2D eigenvalue weighted by Gasteiger charge is -2.06. The lowest BCUT2D eigenvalue weighted by Crippen LogP contribution is -2.35. The molecule has 4 aromatic rings. The van der Waals surface area contributed by atoms with Gasteiger partial charge in [0, 0.05) is 28.7 Å². The average molecular weight is 382 g/mol. The number of aromatic amines is 1. The molecule has 0 aliphatic rings. The maximum absolute atomic E-state index is 12.4. The number of nitrogens with one attached hydrogen (secondary N) is 2. The summed E-state index contributed by atoms with van der Waals surface area (Å²) in [7, 11) is 0. The van der Waals surface area contributed by atoms with Crippen LogP contribution in [0.25, 0.3) is 21.8 Å². The van der Waals surface area contributed by atoms with Gasteiger partial charge in [-0.3, -0.25) is 9.59 Å². The lowest BCUT2D eigenvalue weighted by molar-refractivity contribution is -0.121. The predicted octanol–water partition coefficient (Wildman–Crippen LogP) is 2.29. The molecule has 2 N–H and O–H groups in total. The highest BCUT2D eigenvalue weighted by molar-refractivity contribution is 6.31. The third-order valence-electron chi connectivity index (χ3n) is 4.37. The largest absolute Gasteiger partial charge is 0.361 e. The highest BCUT2D eigenvalue weighted by Gasteiger charge is 2.10. The Labute approximate surface area is 159 Å². The fourth-order valence-electron chi connectivity index (χ4n) is 3.01. The van der Waals surface area contributed by atoms with Crippen LogP contribution in [0.2, 0.25) is 5.02 Å². The Morgan fingerprint density at radius 1 is 1.19 bits per heavy atom. The molecule has 0 bridgehead atoms. The number of aromatic nitrogens is 4. The van der Waals surface area contributed by atoms with Crippen molar-refractivity contribution in [3.8, 4) is 0 Å². The number of amides is 1. The molecule has 0 radical (unpaired) electrons. The second-order valence-electron chi connectivity index (χ2n) is 6.17. The molecule has 0 atom stereocenters. The highest BCUT2D eigenvalue weighted by atomic mass is 35.5. The molecule has 1 amide bonds. The Balaban J connectivity index is 1.40. The van der Waals surface area contributed by atoms with Gasteiger partial charge in [0.1, 0.15) is 12.1 Å². The molecule has 8 heteroatoms. The number of hydrogen-bond acceptors (Lipinski definition) is 4. The number of carbonyl (C=O) groups excluding carboxylic acids is 1. The number of hydrogen-bond donors (Lipinski definition) is 2. The van der Waals surface area contributed by atoms with Crippen LogP contribution >= 0.6 is 11.6 Å². The van der Waals surface area contributed by atoms with Gasteiger partial charge in [-0.05, 0) is 42.3 Å². The standard InChI is InChI=1S/C19H16ClN5O2/c20-13-5-6-16-15(9-13)12(10-22-16)7-8-21-18(26)11-25-19(27)14-3-1-2-4-17(14)23-24-25/h1-6,9-10,22H,7-8,11H2,(H,21,26). The van der Waals surface area contributed by atoms with Crippen molar-refractivity contribution in [1.29, 1.82) is 0 Å². The molecule has 7 nitrogen and oxygen atoms in total. The zero-order valence-electron chi connectivity index (χ0n) is 14.3. The topological polar surface area (TPSA) is 92.7 Å². The molecular formula is C19H16ClN5O2. The van der Waals surface area contributed by atoms with E-state index in [1.54, 1.807) is 24.3 Å². The van der Waals surface area contributed by atoms with Crippen molar-refractivity contribution < 1.29 is 4.79 Å². The number of nitrogens with zero attached hydrogens (tertiary/aromatic N) is 3. The smallest absolute Gasteiger partial charge is 0.278 e. The van der Waals surface area contributed by atoms with Gasteiger partial charge in [0.2, 0.25) is 5.91 Å². The molecular weight excluding hydrogens is 366 g/mol. The molecule has 0 aliphatic heterocycles. The van der Waals surface area contributed by atoms with Crippen LogP contribution in [-0.4, -0.2) is 32.4 Å². The number of fused-ring (bicyclic) bond motifs is 2. The molecule has 2 aromatic heterocycles. The van der Waals surface area contributed by atoms with Crippen LogP contribution in [0.15, 0.2) is 53.5 Å². The van der Waals surface area contributed by atoms with E-state index in [1.807, 2.05) is 24.4 Å². The van der Waals surface area contributed by atoms with Crippen LogP contribution in [0.1, 0.15) is 5.56 Å². The van der Waals surface area contributed by atoms with Crippen LogP contribution in [0.4, 0.5) is 0 Å². The average Bonchev–Trinajstić information content (AvgIpc) is 3.06. The van der Waals surface area contributed by atoms with E-state index >= 15 is 0 Å². The number of carbonyl (C=O) groups is 1. The summed E-state index contributed by atoms with van der Waals surface area (Å²) in [5.41, 5.74) is 2.24.